The molecule has 2 saturated carbocycles. The van der Waals surface area contributed by atoms with Gasteiger partial charge in [0, 0.05) is 18.0 Å². The second-order valence-corrected chi connectivity index (χ2v) is 8.06. The molecular weight excluding hydrogens is 353 g/mol. The Morgan fingerprint density at radius 2 is 1.50 bits per heavy atom. The van der Waals surface area contributed by atoms with Gasteiger partial charge in [-0.1, -0.05) is 0 Å². The molecule has 0 bridgehead atoms. The highest BCUT2D eigenvalue weighted by Crippen LogP contribution is 2.31. The van der Waals surface area contributed by atoms with Crippen molar-refractivity contribution in [3.63, 3.8) is 0 Å². The first kappa shape index (κ1) is 20.8. The number of ether oxygens (including phenoxy) is 2. The van der Waals surface area contributed by atoms with E-state index in [1.165, 1.54) is 0 Å². The standard InChI is InChI=1S/C17H27F3N2O4/c1-16(2,3)26-15(24)22-11-6-4-10(5-7-11)14(23)21-12-8-13(9-12)25-17(18,19)20/h10-13H,4-9H2,1-3H3,(H,21,23)(H,22,24). The highest BCUT2D eigenvalue weighted by Gasteiger charge is 2.41. The quantitative estimate of drug-likeness (QED) is 0.785. The van der Waals surface area contributed by atoms with E-state index in [0.717, 1.165) is 0 Å². The lowest BCUT2D eigenvalue weighted by molar-refractivity contribution is -0.351. The summed E-state index contributed by atoms with van der Waals surface area (Å²) in [6.07, 6.45) is -3.00. The molecule has 0 saturated heterocycles. The van der Waals surface area contributed by atoms with Crippen LogP contribution in [-0.4, -0.2) is 42.2 Å². The average molecular weight is 380 g/mol. The molecule has 0 aliphatic heterocycles. The van der Waals surface area contributed by atoms with Gasteiger partial charge in [-0.25, -0.2) is 4.79 Å². The number of hydrogen-bond acceptors (Lipinski definition) is 4. The Balaban J connectivity index is 1.64. The number of carbonyl (C=O) groups is 2. The van der Waals surface area contributed by atoms with Gasteiger partial charge >= 0.3 is 12.5 Å². The van der Waals surface area contributed by atoms with Gasteiger partial charge in [0.2, 0.25) is 5.91 Å². The molecule has 0 heterocycles. The lowest BCUT2D eigenvalue weighted by atomic mass is 9.84. The highest BCUT2D eigenvalue weighted by molar-refractivity contribution is 5.79. The average Bonchev–Trinajstić information content (AvgIpc) is 2.42. The van der Waals surface area contributed by atoms with Gasteiger partial charge in [-0.05, 0) is 59.3 Å². The molecule has 0 aromatic carbocycles. The summed E-state index contributed by atoms with van der Waals surface area (Å²) in [6, 6.07) is -0.283. The molecule has 0 aromatic heterocycles. The van der Waals surface area contributed by atoms with Crippen molar-refractivity contribution in [2.45, 2.75) is 89.4 Å². The molecule has 0 unspecified atom stereocenters. The number of alkyl halides is 3. The van der Waals surface area contributed by atoms with Gasteiger partial charge in [-0.15, -0.1) is 13.2 Å². The molecule has 2 aliphatic rings. The van der Waals surface area contributed by atoms with E-state index in [0.29, 0.717) is 25.7 Å². The Labute approximate surface area is 151 Å². The second kappa shape index (κ2) is 8.02. The zero-order valence-electron chi connectivity index (χ0n) is 15.3. The maximum Gasteiger partial charge on any atom is 0.522 e. The van der Waals surface area contributed by atoms with Crippen LogP contribution < -0.4 is 10.6 Å². The van der Waals surface area contributed by atoms with E-state index in [2.05, 4.69) is 15.4 Å². The van der Waals surface area contributed by atoms with Gasteiger partial charge in [0.1, 0.15) is 5.60 Å². The van der Waals surface area contributed by atoms with Crippen LogP contribution >= 0.6 is 0 Å². The summed E-state index contributed by atoms with van der Waals surface area (Å²) in [6.45, 7) is 5.37. The van der Waals surface area contributed by atoms with Crippen molar-refractivity contribution in [1.29, 1.82) is 0 Å². The molecule has 6 nitrogen and oxygen atoms in total. The normalized spacial score (nSPS) is 29.5. The molecule has 0 atom stereocenters. The summed E-state index contributed by atoms with van der Waals surface area (Å²) in [7, 11) is 0. The molecule has 26 heavy (non-hydrogen) atoms. The second-order valence-electron chi connectivity index (χ2n) is 8.06. The van der Waals surface area contributed by atoms with E-state index in [4.69, 9.17) is 4.74 Å². The lowest BCUT2D eigenvalue weighted by Gasteiger charge is -2.37. The van der Waals surface area contributed by atoms with Gasteiger partial charge in [0.05, 0.1) is 6.10 Å². The Bertz CT molecular complexity index is 505. The van der Waals surface area contributed by atoms with Crippen LogP contribution in [0.4, 0.5) is 18.0 Å². The summed E-state index contributed by atoms with van der Waals surface area (Å²) in [4.78, 5) is 24.0. The summed E-state index contributed by atoms with van der Waals surface area (Å²) in [5, 5.41) is 5.60. The van der Waals surface area contributed by atoms with Crippen LogP contribution in [0.5, 0.6) is 0 Å². The van der Waals surface area contributed by atoms with Crippen molar-refractivity contribution in [3.8, 4) is 0 Å². The van der Waals surface area contributed by atoms with Crippen LogP contribution in [0.1, 0.15) is 59.3 Å². The molecule has 2 amide bonds. The van der Waals surface area contributed by atoms with Crippen molar-refractivity contribution in [3.05, 3.63) is 0 Å². The van der Waals surface area contributed by atoms with E-state index in [1.54, 1.807) is 20.8 Å². The van der Waals surface area contributed by atoms with E-state index in [-0.39, 0.29) is 36.8 Å². The third kappa shape index (κ3) is 7.01. The van der Waals surface area contributed by atoms with Crippen LogP contribution in [0.3, 0.4) is 0 Å². The van der Waals surface area contributed by atoms with Crippen molar-refractivity contribution >= 4 is 12.0 Å². The number of halogens is 3. The SMILES string of the molecule is CC(C)(C)OC(=O)NC1CCC(C(=O)NC2CC(OC(F)(F)F)C2)CC1. The van der Waals surface area contributed by atoms with E-state index in [1.807, 2.05) is 0 Å². The number of amides is 2. The smallest absolute Gasteiger partial charge is 0.444 e. The fourth-order valence-corrected chi connectivity index (χ4v) is 3.26. The van der Waals surface area contributed by atoms with Gasteiger partial charge in [0.15, 0.2) is 0 Å². The third-order valence-corrected chi connectivity index (χ3v) is 4.56. The van der Waals surface area contributed by atoms with Crippen molar-refractivity contribution in [2.24, 2.45) is 5.92 Å². The number of carbonyl (C=O) groups excluding carboxylic acids is 2. The number of nitrogens with one attached hydrogen (secondary N) is 2. The van der Waals surface area contributed by atoms with E-state index in [9.17, 15) is 22.8 Å². The first-order valence-electron chi connectivity index (χ1n) is 8.96. The zero-order valence-corrected chi connectivity index (χ0v) is 15.3. The first-order chi connectivity index (χ1) is 11.9. The molecule has 0 spiro atoms. The fraction of sp³-hybridized carbons (Fsp3) is 0.882. The molecule has 0 aromatic rings. The molecule has 2 fully saturated rings. The van der Waals surface area contributed by atoms with Crippen molar-refractivity contribution in [2.75, 3.05) is 0 Å². The van der Waals surface area contributed by atoms with E-state index < -0.39 is 24.2 Å². The summed E-state index contributed by atoms with van der Waals surface area (Å²) in [5.74, 6) is -0.301. The summed E-state index contributed by atoms with van der Waals surface area (Å²) >= 11 is 0. The first-order valence-corrected chi connectivity index (χ1v) is 8.96. The Morgan fingerprint density at radius 3 is 2.00 bits per heavy atom. The van der Waals surface area contributed by atoms with Crippen LogP contribution in [0.2, 0.25) is 0 Å². The number of hydrogen-bond donors (Lipinski definition) is 2. The molecule has 2 aliphatic carbocycles. The highest BCUT2D eigenvalue weighted by atomic mass is 19.4. The van der Waals surface area contributed by atoms with Crippen molar-refractivity contribution < 1.29 is 32.2 Å². The Kier molecular flexibility index (Phi) is 6.42. The minimum atomic E-state index is -4.63. The Morgan fingerprint density at radius 1 is 0.923 bits per heavy atom. The molecule has 2 rings (SSSR count). The molecular formula is C17H27F3N2O4. The van der Waals surface area contributed by atoms with Crippen molar-refractivity contribution in [1.82, 2.24) is 10.6 Å². The minimum Gasteiger partial charge on any atom is -0.444 e. The van der Waals surface area contributed by atoms with Gasteiger partial charge in [0.25, 0.3) is 0 Å². The van der Waals surface area contributed by atoms with Gasteiger partial charge < -0.3 is 15.4 Å². The molecule has 9 heteroatoms. The maximum absolute atomic E-state index is 12.2. The third-order valence-electron chi connectivity index (χ3n) is 4.56. The molecule has 0 radical (unpaired) electrons. The van der Waals surface area contributed by atoms with E-state index >= 15 is 0 Å². The number of rotatable bonds is 4. The van der Waals surface area contributed by atoms with Crippen LogP contribution in [0, 0.1) is 5.92 Å². The number of alkyl carbamates (subject to hydrolysis) is 1. The molecule has 2 N–H and O–H groups in total. The summed E-state index contributed by atoms with van der Waals surface area (Å²) in [5.41, 5.74) is -0.558. The summed E-state index contributed by atoms with van der Waals surface area (Å²) < 4.78 is 45.4. The predicted molar refractivity (Wildman–Crippen MR) is 87.2 cm³/mol. The van der Waals surface area contributed by atoms with Crippen LogP contribution in [0.25, 0.3) is 0 Å². The predicted octanol–water partition coefficient (Wildman–Crippen LogP) is 3.25. The fourth-order valence-electron chi connectivity index (χ4n) is 3.26. The largest absolute Gasteiger partial charge is 0.522 e. The van der Waals surface area contributed by atoms with Crippen LogP contribution in [0.15, 0.2) is 0 Å². The lowest BCUT2D eigenvalue weighted by Crippen LogP contribution is -2.51. The zero-order chi connectivity index (χ0) is 19.5. The monoisotopic (exact) mass is 380 g/mol. The van der Waals surface area contributed by atoms with Gasteiger partial charge in [-0.3, -0.25) is 9.53 Å². The molecule has 150 valence electrons. The maximum atomic E-state index is 12.2. The topological polar surface area (TPSA) is 76.7 Å². The Hall–Kier alpha value is -1.51. The van der Waals surface area contributed by atoms with Gasteiger partial charge in [-0.2, -0.15) is 0 Å². The minimum absolute atomic E-state index is 0.0258. The van der Waals surface area contributed by atoms with Crippen LogP contribution in [-0.2, 0) is 14.3 Å².